The highest BCUT2D eigenvalue weighted by molar-refractivity contribution is 7.99. The molecule has 0 saturated heterocycles. The van der Waals surface area contributed by atoms with Crippen molar-refractivity contribution in [3.63, 3.8) is 0 Å². The van der Waals surface area contributed by atoms with E-state index in [0.29, 0.717) is 17.8 Å². The SMILES string of the molecule is CCCCc1noc(C(C)Sc2nnc(CO)n2C2CC2)n1. The standard InChI is InChI=1S/C14H21N5O2S/c1-3-4-5-11-15-13(21-18-11)9(2)22-14-17-16-12(8-20)19(14)10-6-7-10/h9-10,20H,3-8H2,1-2H3. The predicted octanol–water partition coefficient (Wildman–Crippen LogP) is 2.68. The van der Waals surface area contributed by atoms with Crippen LogP contribution in [-0.2, 0) is 13.0 Å². The Morgan fingerprint density at radius 2 is 2.23 bits per heavy atom. The molecule has 7 nitrogen and oxygen atoms in total. The number of nitrogens with zero attached hydrogens (tertiary/aromatic N) is 5. The molecule has 1 aliphatic carbocycles. The van der Waals surface area contributed by atoms with Gasteiger partial charge in [-0.05, 0) is 26.2 Å². The topological polar surface area (TPSA) is 89.9 Å². The van der Waals surface area contributed by atoms with E-state index >= 15 is 0 Å². The van der Waals surface area contributed by atoms with Crippen LogP contribution in [0.5, 0.6) is 0 Å². The Morgan fingerprint density at radius 3 is 2.91 bits per heavy atom. The number of aromatic nitrogens is 5. The first kappa shape index (κ1) is 15.5. The third-order valence-electron chi connectivity index (χ3n) is 3.66. The lowest BCUT2D eigenvalue weighted by atomic mass is 10.2. The van der Waals surface area contributed by atoms with Crippen LogP contribution in [0.4, 0.5) is 0 Å². The van der Waals surface area contributed by atoms with Gasteiger partial charge in [0.1, 0.15) is 6.61 Å². The summed E-state index contributed by atoms with van der Waals surface area (Å²) in [6, 6.07) is 0.426. The molecule has 0 spiro atoms. The van der Waals surface area contributed by atoms with Crippen LogP contribution in [0, 0.1) is 0 Å². The zero-order chi connectivity index (χ0) is 15.5. The van der Waals surface area contributed by atoms with E-state index in [4.69, 9.17) is 4.52 Å². The molecule has 0 bridgehead atoms. The highest BCUT2D eigenvalue weighted by Gasteiger charge is 2.30. The Balaban J connectivity index is 1.70. The minimum absolute atomic E-state index is 0.0103. The molecule has 1 N–H and O–H groups in total. The van der Waals surface area contributed by atoms with Crippen molar-refractivity contribution in [2.75, 3.05) is 0 Å². The van der Waals surface area contributed by atoms with Crippen molar-refractivity contribution in [3.8, 4) is 0 Å². The van der Waals surface area contributed by atoms with Crippen molar-refractivity contribution in [3.05, 3.63) is 17.5 Å². The molecule has 22 heavy (non-hydrogen) atoms. The van der Waals surface area contributed by atoms with E-state index in [1.807, 2.05) is 11.5 Å². The Kier molecular flexibility index (Phi) is 4.77. The van der Waals surface area contributed by atoms with E-state index in [0.717, 1.165) is 43.1 Å². The minimum Gasteiger partial charge on any atom is -0.388 e. The van der Waals surface area contributed by atoms with Gasteiger partial charge in [0.05, 0.1) is 5.25 Å². The van der Waals surface area contributed by atoms with Crippen molar-refractivity contribution in [2.45, 2.75) is 69.0 Å². The summed E-state index contributed by atoms with van der Waals surface area (Å²) in [5.41, 5.74) is 0. The van der Waals surface area contributed by atoms with Crippen molar-refractivity contribution < 1.29 is 9.63 Å². The average Bonchev–Trinajstić information content (AvgIpc) is 3.11. The van der Waals surface area contributed by atoms with Crippen LogP contribution in [0.15, 0.2) is 9.68 Å². The maximum atomic E-state index is 9.37. The van der Waals surface area contributed by atoms with E-state index < -0.39 is 0 Å². The van der Waals surface area contributed by atoms with Crippen LogP contribution in [0.25, 0.3) is 0 Å². The van der Waals surface area contributed by atoms with E-state index in [-0.39, 0.29) is 11.9 Å². The highest BCUT2D eigenvalue weighted by atomic mass is 32.2. The van der Waals surface area contributed by atoms with Gasteiger partial charge in [0, 0.05) is 12.5 Å². The lowest BCUT2D eigenvalue weighted by Gasteiger charge is -2.09. The molecule has 1 atom stereocenters. The van der Waals surface area contributed by atoms with Crippen LogP contribution in [-0.4, -0.2) is 30.0 Å². The molecule has 3 rings (SSSR count). The highest BCUT2D eigenvalue weighted by Crippen LogP contribution is 2.41. The molecule has 1 aliphatic rings. The number of aliphatic hydroxyl groups is 1. The van der Waals surface area contributed by atoms with Crippen molar-refractivity contribution in [1.29, 1.82) is 0 Å². The second kappa shape index (κ2) is 6.78. The van der Waals surface area contributed by atoms with E-state index in [1.165, 1.54) is 0 Å². The first-order chi connectivity index (χ1) is 10.7. The molecule has 2 heterocycles. The first-order valence-electron chi connectivity index (χ1n) is 7.76. The number of rotatable bonds is 8. The smallest absolute Gasteiger partial charge is 0.239 e. The molecule has 2 aromatic rings. The fourth-order valence-corrected chi connectivity index (χ4v) is 3.24. The summed E-state index contributed by atoms with van der Waals surface area (Å²) < 4.78 is 7.39. The Hall–Kier alpha value is -1.41. The molecular formula is C14H21N5O2S. The van der Waals surface area contributed by atoms with Gasteiger partial charge in [0.25, 0.3) is 0 Å². The molecule has 0 radical (unpaired) electrons. The third-order valence-corrected chi connectivity index (χ3v) is 4.70. The summed E-state index contributed by atoms with van der Waals surface area (Å²) in [5.74, 6) is 2.02. The number of thioether (sulfide) groups is 1. The van der Waals surface area contributed by atoms with Crippen LogP contribution in [0.3, 0.4) is 0 Å². The quantitative estimate of drug-likeness (QED) is 0.747. The second-order valence-corrected chi connectivity index (χ2v) is 6.88. The molecule has 0 aromatic carbocycles. The summed E-state index contributed by atoms with van der Waals surface area (Å²) in [4.78, 5) is 4.46. The molecule has 0 aliphatic heterocycles. The number of unbranched alkanes of at least 4 members (excludes halogenated alkanes) is 1. The predicted molar refractivity (Wildman–Crippen MR) is 81.4 cm³/mol. The average molecular weight is 323 g/mol. The Bertz CT molecular complexity index is 623. The molecule has 1 fully saturated rings. The molecule has 120 valence electrons. The van der Waals surface area contributed by atoms with Gasteiger partial charge in [-0.25, -0.2) is 0 Å². The second-order valence-electron chi connectivity index (χ2n) is 5.57. The lowest BCUT2D eigenvalue weighted by Crippen LogP contribution is -2.03. The van der Waals surface area contributed by atoms with Crippen LogP contribution in [0.1, 0.15) is 68.4 Å². The van der Waals surface area contributed by atoms with E-state index in [2.05, 4.69) is 27.3 Å². The van der Waals surface area contributed by atoms with Gasteiger partial charge in [0.2, 0.25) is 5.89 Å². The van der Waals surface area contributed by atoms with Crippen LogP contribution >= 0.6 is 11.8 Å². The molecular weight excluding hydrogens is 302 g/mol. The molecule has 0 amide bonds. The van der Waals surface area contributed by atoms with Gasteiger partial charge >= 0.3 is 0 Å². The minimum atomic E-state index is -0.0832. The summed E-state index contributed by atoms with van der Waals surface area (Å²) in [5, 5.41) is 22.5. The van der Waals surface area contributed by atoms with Crippen LogP contribution < -0.4 is 0 Å². The van der Waals surface area contributed by atoms with Gasteiger partial charge in [0.15, 0.2) is 16.8 Å². The first-order valence-corrected chi connectivity index (χ1v) is 8.64. The van der Waals surface area contributed by atoms with Gasteiger partial charge in [-0.2, -0.15) is 4.98 Å². The molecule has 1 unspecified atom stereocenters. The largest absolute Gasteiger partial charge is 0.388 e. The third kappa shape index (κ3) is 3.33. The van der Waals surface area contributed by atoms with Gasteiger partial charge in [-0.3, -0.25) is 0 Å². The number of aryl methyl sites for hydroxylation is 1. The lowest BCUT2D eigenvalue weighted by molar-refractivity contribution is 0.263. The van der Waals surface area contributed by atoms with E-state index in [1.54, 1.807) is 11.8 Å². The Labute approximate surface area is 133 Å². The Morgan fingerprint density at radius 1 is 1.41 bits per heavy atom. The molecule has 2 aromatic heterocycles. The van der Waals surface area contributed by atoms with Crippen molar-refractivity contribution in [2.24, 2.45) is 0 Å². The monoisotopic (exact) mass is 323 g/mol. The number of aliphatic hydroxyl groups excluding tert-OH is 1. The zero-order valence-electron chi connectivity index (χ0n) is 12.9. The molecule has 8 heteroatoms. The maximum absolute atomic E-state index is 9.37. The number of hydrogen-bond donors (Lipinski definition) is 1. The van der Waals surface area contributed by atoms with Gasteiger partial charge in [-0.1, -0.05) is 30.3 Å². The summed E-state index contributed by atoms with van der Waals surface area (Å²) in [6.07, 6.45) is 5.27. The van der Waals surface area contributed by atoms with Gasteiger partial charge < -0.3 is 14.2 Å². The summed E-state index contributed by atoms with van der Waals surface area (Å²) >= 11 is 1.55. The number of hydrogen-bond acceptors (Lipinski definition) is 7. The van der Waals surface area contributed by atoms with E-state index in [9.17, 15) is 5.11 Å². The zero-order valence-corrected chi connectivity index (χ0v) is 13.7. The fourth-order valence-electron chi connectivity index (χ4n) is 2.27. The normalized spacial score (nSPS) is 16.1. The van der Waals surface area contributed by atoms with Crippen molar-refractivity contribution >= 4 is 11.8 Å². The fraction of sp³-hybridized carbons (Fsp3) is 0.714. The summed E-state index contributed by atoms with van der Waals surface area (Å²) in [6.45, 7) is 4.08. The van der Waals surface area contributed by atoms with Crippen LogP contribution in [0.2, 0.25) is 0 Å². The van der Waals surface area contributed by atoms with Crippen molar-refractivity contribution in [1.82, 2.24) is 24.9 Å². The van der Waals surface area contributed by atoms with Gasteiger partial charge in [-0.15, -0.1) is 10.2 Å². The molecule has 1 saturated carbocycles. The maximum Gasteiger partial charge on any atom is 0.239 e. The summed E-state index contributed by atoms with van der Waals surface area (Å²) in [7, 11) is 0.